The van der Waals surface area contributed by atoms with Gasteiger partial charge < -0.3 is 10.1 Å². The minimum atomic E-state index is -0.237. The van der Waals surface area contributed by atoms with Gasteiger partial charge in [-0.2, -0.15) is 0 Å². The molecule has 0 aromatic heterocycles. The summed E-state index contributed by atoms with van der Waals surface area (Å²) in [6.45, 7) is 0.139. The molecular weight excluding hydrogens is 344 g/mol. The van der Waals surface area contributed by atoms with Crippen molar-refractivity contribution in [2.75, 3.05) is 19.0 Å². The maximum atomic E-state index is 12.9. The Kier molecular flexibility index (Phi) is 3.64. The molecule has 4 aliphatic carbocycles. The predicted octanol–water partition coefficient (Wildman–Crippen LogP) is 2.08. The van der Waals surface area contributed by atoms with Gasteiger partial charge in [-0.1, -0.05) is 24.3 Å². The molecule has 0 radical (unpaired) electrons. The number of hydrogen-bond acceptors (Lipinski definition) is 4. The summed E-state index contributed by atoms with van der Waals surface area (Å²) in [5.74, 6) is 1.38. The van der Waals surface area contributed by atoms with E-state index in [1.165, 1.54) is 4.90 Å². The SMILES string of the molecule is COc1ccccc1NC(=O)CCN1C(=O)C2C3C=CC(C4CC34)C2C1=O. The average molecular weight is 366 g/mol. The molecule has 6 unspecified atom stereocenters. The molecule has 2 bridgehead atoms. The summed E-state index contributed by atoms with van der Waals surface area (Å²) < 4.78 is 5.23. The van der Waals surface area contributed by atoms with E-state index in [1.54, 1.807) is 19.2 Å². The fourth-order valence-corrected chi connectivity index (χ4v) is 5.41. The van der Waals surface area contributed by atoms with E-state index in [2.05, 4.69) is 17.5 Å². The summed E-state index contributed by atoms with van der Waals surface area (Å²) >= 11 is 0. The number of anilines is 1. The number of amides is 3. The largest absolute Gasteiger partial charge is 0.495 e. The maximum Gasteiger partial charge on any atom is 0.233 e. The standard InChI is InChI=1S/C21H22N2O4/c1-27-16-5-3-2-4-15(16)22-17(24)8-9-23-20(25)18-11-6-7-12(14-10-13(11)14)19(18)21(23)26/h2-7,11-14,18-19H,8-10H2,1H3,(H,22,24). The molecule has 1 aromatic carbocycles. The van der Waals surface area contributed by atoms with E-state index in [0.29, 0.717) is 23.3 Å². The van der Waals surface area contributed by atoms with Gasteiger partial charge in [0.2, 0.25) is 17.7 Å². The van der Waals surface area contributed by atoms with Crippen molar-refractivity contribution in [3.63, 3.8) is 0 Å². The van der Waals surface area contributed by atoms with Gasteiger partial charge in [-0.3, -0.25) is 19.3 Å². The number of ether oxygens (including phenoxy) is 1. The lowest BCUT2D eigenvalue weighted by atomic mass is 9.63. The van der Waals surface area contributed by atoms with E-state index < -0.39 is 0 Å². The lowest BCUT2D eigenvalue weighted by molar-refractivity contribution is -0.140. The zero-order chi connectivity index (χ0) is 18.7. The minimum Gasteiger partial charge on any atom is -0.495 e. The highest BCUT2D eigenvalue weighted by Crippen LogP contribution is 2.65. The summed E-state index contributed by atoms with van der Waals surface area (Å²) in [5.41, 5.74) is 0.583. The normalized spacial score (nSPS) is 35.1. The van der Waals surface area contributed by atoms with E-state index in [-0.39, 0.29) is 54.4 Å². The van der Waals surface area contributed by atoms with Crippen molar-refractivity contribution in [2.24, 2.45) is 35.5 Å². The zero-order valence-corrected chi connectivity index (χ0v) is 15.1. The van der Waals surface area contributed by atoms with Gasteiger partial charge in [-0.25, -0.2) is 0 Å². The first-order valence-electron chi connectivity index (χ1n) is 9.56. The Morgan fingerprint density at radius 1 is 1.11 bits per heavy atom. The highest BCUT2D eigenvalue weighted by atomic mass is 16.5. The smallest absolute Gasteiger partial charge is 0.233 e. The number of likely N-dealkylation sites (tertiary alicyclic amines) is 1. The van der Waals surface area contributed by atoms with Gasteiger partial charge in [-0.05, 0) is 42.2 Å². The number of imide groups is 1. The molecule has 1 heterocycles. The first kappa shape index (κ1) is 16.5. The monoisotopic (exact) mass is 366 g/mol. The van der Waals surface area contributed by atoms with E-state index in [0.717, 1.165) is 6.42 Å². The van der Waals surface area contributed by atoms with Crippen LogP contribution < -0.4 is 10.1 Å². The fraction of sp³-hybridized carbons (Fsp3) is 0.476. The Balaban J connectivity index is 1.25. The van der Waals surface area contributed by atoms with Gasteiger partial charge in [0.15, 0.2) is 0 Å². The molecule has 1 aliphatic heterocycles. The summed E-state index contributed by atoms with van der Waals surface area (Å²) in [4.78, 5) is 39.5. The third kappa shape index (κ3) is 2.42. The van der Waals surface area contributed by atoms with Crippen LogP contribution in [0.2, 0.25) is 0 Å². The average Bonchev–Trinajstić information content (AvgIpc) is 3.46. The third-order valence-corrected chi connectivity index (χ3v) is 6.70. The Hall–Kier alpha value is -2.63. The number of allylic oxidation sites excluding steroid dienone is 2. The predicted molar refractivity (Wildman–Crippen MR) is 97.7 cm³/mol. The maximum absolute atomic E-state index is 12.9. The number of nitrogens with one attached hydrogen (secondary N) is 1. The first-order chi connectivity index (χ1) is 13.1. The van der Waals surface area contributed by atoms with Crippen molar-refractivity contribution in [1.82, 2.24) is 4.90 Å². The van der Waals surface area contributed by atoms with Crippen LogP contribution in [0.3, 0.4) is 0 Å². The van der Waals surface area contributed by atoms with Gasteiger partial charge >= 0.3 is 0 Å². The second-order valence-electron chi connectivity index (χ2n) is 7.98. The quantitative estimate of drug-likeness (QED) is 0.639. The molecule has 140 valence electrons. The van der Waals surface area contributed by atoms with Crippen molar-refractivity contribution in [3.8, 4) is 5.75 Å². The lowest BCUT2D eigenvalue weighted by Gasteiger charge is -2.37. The second kappa shape index (κ2) is 5.94. The Morgan fingerprint density at radius 3 is 2.37 bits per heavy atom. The number of carbonyl (C=O) groups is 3. The number of hydrogen-bond donors (Lipinski definition) is 1. The van der Waals surface area contributed by atoms with Crippen LogP contribution in [-0.2, 0) is 14.4 Å². The van der Waals surface area contributed by atoms with E-state index in [9.17, 15) is 14.4 Å². The number of para-hydroxylation sites is 2. The van der Waals surface area contributed by atoms with Crippen LogP contribution in [0.25, 0.3) is 0 Å². The summed E-state index contributed by atoms with van der Waals surface area (Å²) in [6, 6.07) is 7.16. The molecule has 6 rings (SSSR count). The molecule has 27 heavy (non-hydrogen) atoms. The van der Waals surface area contributed by atoms with Gasteiger partial charge in [0.25, 0.3) is 0 Å². The number of carbonyl (C=O) groups excluding carboxylic acids is 3. The number of methoxy groups -OCH3 is 1. The summed E-state index contributed by atoms with van der Waals surface area (Å²) in [6.07, 6.45) is 5.55. The van der Waals surface area contributed by atoms with Gasteiger partial charge in [0, 0.05) is 13.0 Å². The van der Waals surface area contributed by atoms with Crippen LogP contribution in [0.4, 0.5) is 5.69 Å². The molecule has 6 atom stereocenters. The van der Waals surface area contributed by atoms with Gasteiger partial charge in [-0.15, -0.1) is 0 Å². The Morgan fingerprint density at radius 2 is 1.74 bits per heavy atom. The highest BCUT2D eigenvalue weighted by molar-refractivity contribution is 6.06. The molecule has 3 fully saturated rings. The van der Waals surface area contributed by atoms with Crippen LogP contribution in [0, 0.1) is 35.5 Å². The summed E-state index contributed by atoms with van der Waals surface area (Å²) in [5, 5.41) is 2.80. The number of benzene rings is 1. The second-order valence-corrected chi connectivity index (χ2v) is 7.98. The summed E-state index contributed by atoms with van der Waals surface area (Å²) in [7, 11) is 1.54. The minimum absolute atomic E-state index is 0.0835. The number of nitrogens with zero attached hydrogens (tertiary/aromatic N) is 1. The molecule has 1 aromatic rings. The third-order valence-electron chi connectivity index (χ3n) is 6.70. The van der Waals surface area contributed by atoms with Crippen LogP contribution >= 0.6 is 0 Å². The Labute approximate surface area is 157 Å². The van der Waals surface area contributed by atoms with Crippen molar-refractivity contribution in [2.45, 2.75) is 12.8 Å². The van der Waals surface area contributed by atoms with Crippen LogP contribution in [0.15, 0.2) is 36.4 Å². The topological polar surface area (TPSA) is 75.7 Å². The molecule has 5 aliphatic rings. The van der Waals surface area contributed by atoms with E-state index in [1.807, 2.05) is 12.1 Å². The fourth-order valence-electron chi connectivity index (χ4n) is 5.41. The lowest BCUT2D eigenvalue weighted by Crippen LogP contribution is -2.40. The molecule has 1 saturated heterocycles. The molecule has 6 nitrogen and oxygen atoms in total. The highest BCUT2D eigenvalue weighted by Gasteiger charge is 2.66. The molecular formula is C21H22N2O4. The van der Waals surface area contributed by atoms with Crippen LogP contribution in [0.5, 0.6) is 5.75 Å². The molecule has 2 saturated carbocycles. The Bertz CT molecular complexity index is 827. The first-order valence-corrected chi connectivity index (χ1v) is 9.56. The van der Waals surface area contributed by atoms with Crippen molar-refractivity contribution in [1.29, 1.82) is 0 Å². The molecule has 1 N–H and O–H groups in total. The van der Waals surface area contributed by atoms with E-state index in [4.69, 9.17) is 4.74 Å². The van der Waals surface area contributed by atoms with E-state index >= 15 is 0 Å². The van der Waals surface area contributed by atoms with Crippen molar-refractivity contribution >= 4 is 23.4 Å². The van der Waals surface area contributed by atoms with Crippen molar-refractivity contribution < 1.29 is 19.1 Å². The van der Waals surface area contributed by atoms with Gasteiger partial charge in [0.05, 0.1) is 24.6 Å². The molecule has 3 amide bonds. The molecule has 0 spiro atoms. The molecule has 6 heteroatoms. The van der Waals surface area contributed by atoms with Crippen molar-refractivity contribution in [3.05, 3.63) is 36.4 Å². The number of rotatable bonds is 5. The van der Waals surface area contributed by atoms with Crippen LogP contribution in [0.1, 0.15) is 12.8 Å². The van der Waals surface area contributed by atoms with Gasteiger partial charge in [0.1, 0.15) is 5.75 Å². The zero-order valence-electron chi connectivity index (χ0n) is 15.1. The van der Waals surface area contributed by atoms with Crippen LogP contribution in [-0.4, -0.2) is 36.3 Å².